The zero-order valence-corrected chi connectivity index (χ0v) is 15.0. The van der Waals surface area contributed by atoms with Crippen LogP contribution in [0.1, 0.15) is 38.5 Å². The van der Waals surface area contributed by atoms with Gasteiger partial charge in [0, 0.05) is 37.3 Å². The smallest absolute Gasteiger partial charge is 0.253 e. The fraction of sp³-hybridized carbons (Fsp3) is 0.353. The fourth-order valence-corrected chi connectivity index (χ4v) is 3.34. The van der Waals surface area contributed by atoms with Gasteiger partial charge in [0.2, 0.25) is 0 Å². The van der Waals surface area contributed by atoms with Crippen LogP contribution in [0.5, 0.6) is 0 Å². The third-order valence-corrected chi connectivity index (χ3v) is 4.96. The molecule has 130 valence electrons. The van der Waals surface area contributed by atoms with Gasteiger partial charge in [-0.25, -0.2) is 4.98 Å². The Morgan fingerprint density at radius 3 is 2.12 bits per heavy atom. The number of amides is 1. The fourth-order valence-electron chi connectivity index (χ4n) is 2.69. The number of benzene rings is 1. The van der Waals surface area contributed by atoms with E-state index in [1.165, 1.54) is 18.5 Å². The standard InChI is InChI=1S/C17H19N5O2S/c1-11(23)13-3-5-14(6-4-13)17(24)22-9-7-21(8-10-22)15(18)16-19-12(2)20-25-16/h3-6,18H,7-10H2,1-2H3. The first-order valence-electron chi connectivity index (χ1n) is 8.00. The Kier molecular flexibility index (Phi) is 4.89. The number of aryl methyl sites for hydroxylation is 1. The molecule has 0 saturated carbocycles. The maximum absolute atomic E-state index is 12.6. The van der Waals surface area contributed by atoms with Crippen molar-refractivity contribution in [2.24, 2.45) is 0 Å². The van der Waals surface area contributed by atoms with Crippen molar-refractivity contribution in [2.75, 3.05) is 26.2 Å². The Hall–Kier alpha value is -2.61. The highest BCUT2D eigenvalue weighted by Crippen LogP contribution is 2.14. The second kappa shape index (κ2) is 7.10. The minimum Gasteiger partial charge on any atom is -0.351 e. The van der Waals surface area contributed by atoms with Crippen LogP contribution in [0.25, 0.3) is 0 Å². The van der Waals surface area contributed by atoms with E-state index in [0.29, 0.717) is 54.0 Å². The Morgan fingerprint density at radius 1 is 1.04 bits per heavy atom. The third kappa shape index (κ3) is 3.74. The van der Waals surface area contributed by atoms with Gasteiger partial charge in [0.25, 0.3) is 5.91 Å². The van der Waals surface area contributed by atoms with E-state index in [0.717, 1.165) is 0 Å². The largest absolute Gasteiger partial charge is 0.351 e. The van der Waals surface area contributed by atoms with Crippen molar-refractivity contribution in [3.05, 3.63) is 46.2 Å². The second-order valence-corrected chi connectivity index (χ2v) is 6.66. The van der Waals surface area contributed by atoms with E-state index >= 15 is 0 Å². The van der Waals surface area contributed by atoms with Crippen molar-refractivity contribution < 1.29 is 9.59 Å². The molecule has 0 unspecified atom stereocenters. The molecule has 25 heavy (non-hydrogen) atoms. The molecule has 1 aromatic heterocycles. The van der Waals surface area contributed by atoms with Gasteiger partial charge in [0.15, 0.2) is 16.6 Å². The van der Waals surface area contributed by atoms with Gasteiger partial charge in [-0.3, -0.25) is 15.0 Å². The summed E-state index contributed by atoms with van der Waals surface area (Å²) in [5, 5.41) is 8.85. The molecule has 7 nitrogen and oxygen atoms in total. The molecule has 0 radical (unpaired) electrons. The summed E-state index contributed by atoms with van der Waals surface area (Å²) in [7, 11) is 0. The number of aromatic nitrogens is 2. The lowest BCUT2D eigenvalue weighted by atomic mass is 10.1. The maximum Gasteiger partial charge on any atom is 0.253 e. The van der Waals surface area contributed by atoms with Gasteiger partial charge in [-0.1, -0.05) is 12.1 Å². The summed E-state index contributed by atoms with van der Waals surface area (Å²) in [6.07, 6.45) is 0. The number of hydrogen-bond donors (Lipinski definition) is 1. The van der Waals surface area contributed by atoms with Crippen molar-refractivity contribution in [1.29, 1.82) is 5.41 Å². The Labute approximate surface area is 150 Å². The minimum atomic E-state index is -0.0481. The predicted octanol–water partition coefficient (Wildman–Crippen LogP) is 1.83. The molecule has 8 heteroatoms. The van der Waals surface area contributed by atoms with Crippen LogP contribution in [0.4, 0.5) is 0 Å². The third-order valence-electron chi connectivity index (χ3n) is 4.15. The zero-order chi connectivity index (χ0) is 18.0. The summed E-state index contributed by atoms with van der Waals surface area (Å²) in [6, 6.07) is 6.74. The Balaban J connectivity index is 1.60. The zero-order valence-electron chi connectivity index (χ0n) is 14.2. The molecule has 1 saturated heterocycles. The average Bonchev–Trinajstić information content (AvgIpc) is 3.07. The summed E-state index contributed by atoms with van der Waals surface area (Å²) in [6.45, 7) is 5.59. The van der Waals surface area contributed by atoms with Crippen LogP contribution in [0.15, 0.2) is 24.3 Å². The molecular weight excluding hydrogens is 338 g/mol. The molecule has 1 fully saturated rings. The summed E-state index contributed by atoms with van der Waals surface area (Å²) in [5.41, 5.74) is 1.18. The predicted molar refractivity (Wildman–Crippen MR) is 95.4 cm³/mol. The SMILES string of the molecule is CC(=O)c1ccc(C(=O)N2CCN(C(=N)c3nc(C)ns3)CC2)cc1. The molecule has 1 N–H and O–H groups in total. The highest BCUT2D eigenvalue weighted by atomic mass is 32.1. The van der Waals surface area contributed by atoms with Crippen molar-refractivity contribution in [3.8, 4) is 0 Å². The van der Waals surface area contributed by atoms with Gasteiger partial charge in [0.05, 0.1) is 0 Å². The number of carbonyl (C=O) groups excluding carboxylic acids is 2. The normalized spacial score (nSPS) is 14.5. The van der Waals surface area contributed by atoms with Crippen molar-refractivity contribution in [2.45, 2.75) is 13.8 Å². The van der Waals surface area contributed by atoms with Gasteiger partial charge >= 0.3 is 0 Å². The number of Topliss-reactive ketones (excluding diaryl/α,β-unsaturated/α-hetero) is 1. The number of rotatable bonds is 3. The summed E-state index contributed by atoms with van der Waals surface area (Å²) < 4.78 is 4.11. The van der Waals surface area contributed by atoms with Crippen LogP contribution in [-0.4, -0.2) is 62.9 Å². The number of carbonyl (C=O) groups is 2. The van der Waals surface area contributed by atoms with E-state index in [1.54, 1.807) is 36.1 Å². The van der Waals surface area contributed by atoms with E-state index in [4.69, 9.17) is 5.41 Å². The van der Waals surface area contributed by atoms with Gasteiger partial charge in [-0.05, 0) is 37.5 Å². The molecule has 2 aromatic rings. The lowest BCUT2D eigenvalue weighted by Gasteiger charge is -2.35. The molecule has 0 aliphatic carbocycles. The first-order valence-corrected chi connectivity index (χ1v) is 8.77. The number of hydrogen-bond acceptors (Lipinski definition) is 6. The van der Waals surface area contributed by atoms with Crippen molar-refractivity contribution in [1.82, 2.24) is 19.2 Å². The van der Waals surface area contributed by atoms with Crippen LogP contribution < -0.4 is 0 Å². The first-order chi connectivity index (χ1) is 12.0. The van der Waals surface area contributed by atoms with E-state index in [-0.39, 0.29) is 11.7 Å². The quantitative estimate of drug-likeness (QED) is 0.514. The van der Waals surface area contributed by atoms with Crippen molar-refractivity contribution >= 4 is 29.1 Å². The van der Waals surface area contributed by atoms with Crippen LogP contribution in [0.3, 0.4) is 0 Å². The molecule has 1 aromatic carbocycles. The summed E-state index contributed by atoms with van der Waals surface area (Å²) >= 11 is 1.22. The van der Waals surface area contributed by atoms with E-state index in [2.05, 4.69) is 9.36 Å². The van der Waals surface area contributed by atoms with E-state index in [9.17, 15) is 9.59 Å². The summed E-state index contributed by atoms with van der Waals surface area (Å²) in [5.74, 6) is 0.974. The lowest BCUT2D eigenvalue weighted by molar-refractivity contribution is 0.0691. The van der Waals surface area contributed by atoms with Crippen molar-refractivity contribution in [3.63, 3.8) is 0 Å². The van der Waals surface area contributed by atoms with Crippen LogP contribution in [0, 0.1) is 12.3 Å². The second-order valence-electron chi connectivity index (χ2n) is 5.91. The highest BCUT2D eigenvalue weighted by molar-refractivity contribution is 7.07. The molecule has 3 rings (SSSR count). The Bertz CT molecular complexity index is 807. The average molecular weight is 357 g/mol. The van der Waals surface area contributed by atoms with Gasteiger partial charge in [-0.2, -0.15) is 4.37 Å². The molecule has 0 atom stereocenters. The molecular formula is C17H19N5O2S. The van der Waals surface area contributed by atoms with Gasteiger partial charge in [-0.15, -0.1) is 0 Å². The number of piperazine rings is 1. The number of ketones is 1. The molecule has 1 aliphatic rings. The first kappa shape index (κ1) is 17.2. The van der Waals surface area contributed by atoms with Crippen LogP contribution >= 0.6 is 11.5 Å². The number of nitrogens with zero attached hydrogens (tertiary/aromatic N) is 4. The van der Waals surface area contributed by atoms with Crippen LogP contribution in [-0.2, 0) is 0 Å². The lowest BCUT2D eigenvalue weighted by Crippen LogP contribution is -2.50. The monoisotopic (exact) mass is 357 g/mol. The topological polar surface area (TPSA) is 90.2 Å². The van der Waals surface area contributed by atoms with E-state index < -0.39 is 0 Å². The van der Waals surface area contributed by atoms with Crippen LogP contribution in [0.2, 0.25) is 0 Å². The van der Waals surface area contributed by atoms with E-state index in [1.807, 2.05) is 4.90 Å². The Morgan fingerprint density at radius 2 is 1.60 bits per heavy atom. The maximum atomic E-state index is 12.6. The van der Waals surface area contributed by atoms with Gasteiger partial charge < -0.3 is 9.80 Å². The number of amidine groups is 1. The molecule has 2 heterocycles. The highest BCUT2D eigenvalue weighted by Gasteiger charge is 2.25. The molecule has 1 amide bonds. The molecule has 1 aliphatic heterocycles. The molecule has 0 bridgehead atoms. The molecule has 0 spiro atoms. The number of nitrogens with one attached hydrogen (secondary N) is 1. The minimum absolute atomic E-state index is 0.0157. The summed E-state index contributed by atoms with van der Waals surface area (Å²) in [4.78, 5) is 31.8. The van der Waals surface area contributed by atoms with Gasteiger partial charge in [0.1, 0.15) is 5.82 Å².